The highest BCUT2D eigenvalue weighted by Gasteiger charge is 2.15. The van der Waals surface area contributed by atoms with Gasteiger partial charge in [0.15, 0.2) is 0 Å². The average molecular weight is 371 g/mol. The van der Waals surface area contributed by atoms with Crippen molar-refractivity contribution in [3.8, 4) is 21.1 Å². The van der Waals surface area contributed by atoms with Gasteiger partial charge in [-0.15, -0.1) is 10.2 Å². The normalized spacial score (nSPS) is 16.3. The number of aliphatic imine (C=N–C) groups is 1. The van der Waals surface area contributed by atoms with Gasteiger partial charge in [0.05, 0.1) is 17.9 Å². The lowest BCUT2D eigenvalue weighted by Crippen LogP contribution is -2.27. The second kappa shape index (κ2) is 6.48. The van der Waals surface area contributed by atoms with Crippen LogP contribution in [0.25, 0.3) is 37.7 Å². The Morgan fingerprint density at radius 3 is 2.59 bits per heavy atom. The van der Waals surface area contributed by atoms with E-state index in [4.69, 9.17) is 0 Å². The van der Waals surface area contributed by atoms with E-state index in [1.807, 2.05) is 36.8 Å². The van der Waals surface area contributed by atoms with Crippen LogP contribution in [0.15, 0.2) is 65.9 Å². The summed E-state index contributed by atoms with van der Waals surface area (Å²) in [7, 11) is 0. The van der Waals surface area contributed by atoms with Crippen LogP contribution in [0.4, 0.5) is 0 Å². The van der Waals surface area contributed by atoms with Gasteiger partial charge < -0.3 is 10.3 Å². The van der Waals surface area contributed by atoms with Crippen molar-refractivity contribution >= 4 is 34.2 Å². The monoisotopic (exact) mass is 371 g/mol. The molecule has 1 aliphatic heterocycles. The van der Waals surface area contributed by atoms with Gasteiger partial charge in [0, 0.05) is 40.0 Å². The number of nitrogens with one attached hydrogen (secondary N) is 2. The predicted octanol–water partition coefficient (Wildman–Crippen LogP) is 4.71. The van der Waals surface area contributed by atoms with E-state index >= 15 is 0 Å². The molecule has 0 saturated heterocycles. The Morgan fingerprint density at radius 2 is 1.78 bits per heavy atom. The molecule has 2 N–H and O–H groups in total. The average Bonchev–Trinajstić information content (AvgIpc) is 3.35. The highest BCUT2D eigenvalue weighted by molar-refractivity contribution is 7.17. The fourth-order valence-electron chi connectivity index (χ4n) is 3.23. The van der Waals surface area contributed by atoms with Crippen molar-refractivity contribution in [2.45, 2.75) is 13.0 Å². The molecule has 0 saturated carbocycles. The summed E-state index contributed by atoms with van der Waals surface area (Å²) in [6.07, 6.45) is 5.79. The van der Waals surface area contributed by atoms with Crippen LogP contribution in [-0.4, -0.2) is 27.4 Å². The minimum Gasteiger partial charge on any atom is -0.376 e. The van der Waals surface area contributed by atoms with Crippen molar-refractivity contribution < 1.29 is 0 Å². The molecular formula is C21H17N5S. The molecule has 1 unspecified atom stereocenters. The standard InChI is InChI=1S/C21H17N5S/c1-13-10-22-12-19(24-13)17-11-23-18-8-7-15(9-16(17)18)21-26-25-20(27-21)14-5-3-2-4-6-14/h2-13,23-24H,1H3. The fraction of sp³-hybridized carbons (Fsp3) is 0.0952. The van der Waals surface area contributed by atoms with E-state index in [0.717, 1.165) is 43.3 Å². The number of hydrogen-bond acceptors (Lipinski definition) is 5. The largest absolute Gasteiger partial charge is 0.376 e. The molecule has 0 amide bonds. The molecule has 5 nitrogen and oxygen atoms in total. The van der Waals surface area contributed by atoms with Crippen LogP contribution in [0.5, 0.6) is 0 Å². The van der Waals surface area contributed by atoms with Crippen molar-refractivity contribution in [2.24, 2.45) is 4.99 Å². The minimum absolute atomic E-state index is 0.217. The quantitative estimate of drug-likeness (QED) is 0.548. The number of aromatic amines is 1. The third kappa shape index (κ3) is 2.94. The molecule has 6 heteroatoms. The molecule has 4 aromatic rings. The summed E-state index contributed by atoms with van der Waals surface area (Å²) in [5.74, 6) is 0. The van der Waals surface area contributed by atoms with E-state index in [-0.39, 0.29) is 6.04 Å². The number of aromatic nitrogens is 3. The van der Waals surface area contributed by atoms with Crippen molar-refractivity contribution in [3.05, 3.63) is 66.5 Å². The van der Waals surface area contributed by atoms with Crippen LogP contribution in [0, 0.1) is 0 Å². The first-order valence-corrected chi connectivity index (χ1v) is 9.60. The Morgan fingerprint density at radius 1 is 0.963 bits per heavy atom. The highest BCUT2D eigenvalue weighted by atomic mass is 32.1. The lowest BCUT2D eigenvalue weighted by Gasteiger charge is -2.16. The van der Waals surface area contributed by atoms with Crippen molar-refractivity contribution in [2.75, 3.05) is 0 Å². The molecule has 0 radical (unpaired) electrons. The van der Waals surface area contributed by atoms with Crippen LogP contribution in [0.1, 0.15) is 12.5 Å². The molecule has 27 heavy (non-hydrogen) atoms. The van der Waals surface area contributed by atoms with Crippen molar-refractivity contribution in [3.63, 3.8) is 0 Å². The zero-order chi connectivity index (χ0) is 18.2. The van der Waals surface area contributed by atoms with Crippen molar-refractivity contribution in [1.82, 2.24) is 20.5 Å². The zero-order valence-corrected chi connectivity index (χ0v) is 15.5. The van der Waals surface area contributed by atoms with Gasteiger partial charge in [-0.05, 0) is 25.1 Å². The summed E-state index contributed by atoms with van der Waals surface area (Å²) in [6.45, 7) is 2.09. The number of benzene rings is 2. The number of hydrogen-bond donors (Lipinski definition) is 2. The fourth-order valence-corrected chi connectivity index (χ4v) is 4.07. The topological polar surface area (TPSA) is 66.0 Å². The molecule has 0 spiro atoms. The van der Waals surface area contributed by atoms with Crippen LogP contribution < -0.4 is 5.32 Å². The lowest BCUT2D eigenvalue weighted by atomic mass is 10.1. The first kappa shape index (κ1) is 16.0. The Balaban J connectivity index is 1.55. The van der Waals surface area contributed by atoms with E-state index in [0.29, 0.717) is 0 Å². The maximum atomic E-state index is 4.41. The number of H-pyrrole nitrogens is 1. The highest BCUT2D eigenvalue weighted by Crippen LogP contribution is 2.33. The van der Waals surface area contributed by atoms with E-state index in [1.54, 1.807) is 11.3 Å². The third-order valence-electron chi connectivity index (χ3n) is 4.56. The Hall–Kier alpha value is -3.25. The molecule has 0 bridgehead atoms. The van der Waals surface area contributed by atoms with Crippen LogP contribution in [0.2, 0.25) is 0 Å². The first-order valence-electron chi connectivity index (χ1n) is 8.79. The molecule has 0 aliphatic carbocycles. The summed E-state index contributed by atoms with van der Waals surface area (Å²) in [5, 5.41) is 15.2. The minimum atomic E-state index is 0.217. The molecule has 2 aromatic carbocycles. The maximum Gasteiger partial charge on any atom is 0.148 e. The summed E-state index contributed by atoms with van der Waals surface area (Å²) in [4.78, 5) is 7.68. The van der Waals surface area contributed by atoms with Gasteiger partial charge in [-0.2, -0.15) is 0 Å². The van der Waals surface area contributed by atoms with Crippen LogP contribution >= 0.6 is 11.3 Å². The van der Waals surface area contributed by atoms with Gasteiger partial charge in [0.2, 0.25) is 0 Å². The molecule has 1 atom stereocenters. The van der Waals surface area contributed by atoms with Crippen molar-refractivity contribution in [1.29, 1.82) is 0 Å². The summed E-state index contributed by atoms with van der Waals surface area (Å²) in [5.41, 5.74) is 5.38. The molecule has 132 valence electrons. The van der Waals surface area contributed by atoms with Gasteiger partial charge in [0.1, 0.15) is 10.0 Å². The smallest absolute Gasteiger partial charge is 0.148 e. The second-order valence-electron chi connectivity index (χ2n) is 6.52. The first-order chi connectivity index (χ1) is 13.3. The van der Waals surface area contributed by atoms with E-state index in [1.165, 1.54) is 0 Å². The van der Waals surface area contributed by atoms with Gasteiger partial charge in [-0.25, -0.2) is 0 Å². The van der Waals surface area contributed by atoms with Crippen LogP contribution in [0.3, 0.4) is 0 Å². The van der Waals surface area contributed by atoms with Gasteiger partial charge in [0.25, 0.3) is 0 Å². The van der Waals surface area contributed by atoms with E-state index in [9.17, 15) is 0 Å². The summed E-state index contributed by atoms with van der Waals surface area (Å²) < 4.78 is 0. The SMILES string of the molecule is CC1C=NC=C(c2c[nH]c3ccc(-c4nnc(-c5ccccc5)s4)cc23)N1. The second-order valence-corrected chi connectivity index (χ2v) is 7.49. The molecule has 5 rings (SSSR count). The maximum absolute atomic E-state index is 4.41. The number of rotatable bonds is 3. The Kier molecular flexibility index (Phi) is 3.83. The third-order valence-corrected chi connectivity index (χ3v) is 5.58. The van der Waals surface area contributed by atoms with Gasteiger partial charge >= 0.3 is 0 Å². The molecule has 3 heterocycles. The molecule has 2 aromatic heterocycles. The molecule has 1 aliphatic rings. The van der Waals surface area contributed by atoms with E-state index < -0.39 is 0 Å². The summed E-state index contributed by atoms with van der Waals surface area (Å²) in [6, 6.07) is 16.7. The van der Waals surface area contributed by atoms with Gasteiger partial charge in [-0.3, -0.25) is 4.99 Å². The zero-order valence-electron chi connectivity index (χ0n) is 14.7. The van der Waals surface area contributed by atoms with Gasteiger partial charge in [-0.1, -0.05) is 41.7 Å². The summed E-state index contributed by atoms with van der Waals surface area (Å²) >= 11 is 1.61. The molecular weight excluding hydrogens is 354 g/mol. The predicted molar refractivity (Wildman–Crippen MR) is 112 cm³/mol. The Labute approximate surface area is 160 Å². The lowest BCUT2D eigenvalue weighted by molar-refractivity contribution is 0.827. The number of fused-ring (bicyclic) bond motifs is 1. The van der Waals surface area contributed by atoms with E-state index in [2.05, 4.69) is 62.7 Å². The molecule has 0 fully saturated rings. The number of nitrogens with zero attached hydrogens (tertiary/aromatic N) is 3. The van der Waals surface area contributed by atoms with Crippen LogP contribution in [-0.2, 0) is 0 Å². The Bertz CT molecular complexity index is 1170.